The van der Waals surface area contributed by atoms with Crippen LogP contribution in [0.2, 0.25) is 0 Å². The van der Waals surface area contributed by atoms with Gasteiger partial charge in [-0.1, -0.05) is 6.07 Å². The molecule has 0 saturated heterocycles. The highest BCUT2D eigenvalue weighted by Gasteiger charge is 2.19. The Bertz CT molecular complexity index is 587. The minimum absolute atomic E-state index is 0.0771. The first-order chi connectivity index (χ1) is 9.88. The van der Waals surface area contributed by atoms with E-state index in [0.717, 1.165) is 6.07 Å². The van der Waals surface area contributed by atoms with Gasteiger partial charge in [0.05, 0.1) is 29.6 Å². The molecule has 0 saturated carbocycles. The van der Waals surface area contributed by atoms with Gasteiger partial charge in [-0.25, -0.2) is 13.1 Å². The SMILES string of the molecule is COCCOCCNS(=O)(=O)c1ccc(C)c([N+](=O)[O-])c1. The van der Waals surface area contributed by atoms with E-state index in [4.69, 9.17) is 9.47 Å². The summed E-state index contributed by atoms with van der Waals surface area (Å²) in [6.45, 7) is 2.61. The van der Waals surface area contributed by atoms with Crippen molar-refractivity contribution in [1.82, 2.24) is 4.72 Å². The molecule has 9 heteroatoms. The highest BCUT2D eigenvalue weighted by atomic mass is 32.2. The smallest absolute Gasteiger partial charge is 0.273 e. The van der Waals surface area contributed by atoms with Gasteiger partial charge in [-0.2, -0.15) is 0 Å². The molecule has 0 atom stereocenters. The number of hydrogen-bond acceptors (Lipinski definition) is 6. The number of aryl methyl sites for hydroxylation is 1. The lowest BCUT2D eigenvalue weighted by Gasteiger charge is -2.08. The van der Waals surface area contributed by atoms with E-state index in [1.807, 2.05) is 0 Å². The molecule has 0 radical (unpaired) electrons. The average Bonchev–Trinajstić information content (AvgIpc) is 2.42. The first-order valence-corrected chi connectivity index (χ1v) is 7.68. The molecule has 1 aromatic rings. The number of nitro benzene ring substituents is 1. The van der Waals surface area contributed by atoms with Crippen molar-refractivity contribution in [3.63, 3.8) is 0 Å². The highest BCUT2D eigenvalue weighted by molar-refractivity contribution is 7.89. The molecule has 0 amide bonds. The zero-order valence-electron chi connectivity index (χ0n) is 11.9. The monoisotopic (exact) mass is 318 g/mol. The van der Waals surface area contributed by atoms with E-state index in [0.29, 0.717) is 18.8 Å². The maximum Gasteiger partial charge on any atom is 0.273 e. The minimum Gasteiger partial charge on any atom is -0.382 e. The van der Waals surface area contributed by atoms with Crippen LogP contribution in [0.5, 0.6) is 0 Å². The fourth-order valence-electron chi connectivity index (χ4n) is 1.53. The van der Waals surface area contributed by atoms with E-state index >= 15 is 0 Å². The number of hydrogen-bond donors (Lipinski definition) is 1. The topological polar surface area (TPSA) is 108 Å². The number of nitrogens with one attached hydrogen (secondary N) is 1. The van der Waals surface area contributed by atoms with Crippen LogP contribution in [0.25, 0.3) is 0 Å². The number of methoxy groups -OCH3 is 1. The number of benzene rings is 1. The Labute approximate surface area is 123 Å². The molecule has 0 aliphatic rings. The quantitative estimate of drug-likeness (QED) is 0.411. The zero-order chi connectivity index (χ0) is 15.9. The average molecular weight is 318 g/mol. The Hall–Kier alpha value is -1.55. The van der Waals surface area contributed by atoms with Crippen LogP contribution in [0, 0.1) is 17.0 Å². The van der Waals surface area contributed by atoms with Crippen molar-refractivity contribution in [2.24, 2.45) is 0 Å². The van der Waals surface area contributed by atoms with Gasteiger partial charge in [0.25, 0.3) is 5.69 Å². The zero-order valence-corrected chi connectivity index (χ0v) is 12.7. The minimum atomic E-state index is -3.79. The molecule has 1 rings (SSSR count). The second kappa shape index (κ2) is 8.03. The van der Waals surface area contributed by atoms with Crippen LogP contribution in [0.3, 0.4) is 0 Å². The van der Waals surface area contributed by atoms with Crippen molar-refractivity contribution in [1.29, 1.82) is 0 Å². The predicted octanol–water partition coefficient (Wildman–Crippen LogP) is 0.845. The summed E-state index contributed by atoms with van der Waals surface area (Å²) in [5.74, 6) is 0. The highest BCUT2D eigenvalue weighted by Crippen LogP contribution is 2.21. The van der Waals surface area contributed by atoms with E-state index in [-0.39, 0.29) is 23.7 Å². The summed E-state index contributed by atoms with van der Waals surface area (Å²) >= 11 is 0. The van der Waals surface area contributed by atoms with Crippen LogP contribution < -0.4 is 4.72 Å². The van der Waals surface area contributed by atoms with Gasteiger partial charge in [-0.15, -0.1) is 0 Å². The molecule has 118 valence electrons. The number of nitrogens with zero attached hydrogens (tertiary/aromatic N) is 1. The summed E-state index contributed by atoms with van der Waals surface area (Å²) in [5, 5.41) is 10.8. The van der Waals surface area contributed by atoms with E-state index in [1.54, 1.807) is 6.92 Å². The molecule has 0 heterocycles. The molecule has 8 nitrogen and oxygen atoms in total. The second-order valence-electron chi connectivity index (χ2n) is 4.21. The number of rotatable bonds is 9. The molecule has 0 fully saturated rings. The van der Waals surface area contributed by atoms with E-state index in [9.17, 15) is 18.5 Å². The van der Waals surface area contributed by atoms with Crippen molar-refractivity contribution in [2.75, 3.05) is 33.5 Å². The molecule has 0 aliphatic heterocycles. The lowest BCUT2D eigenvalue weighted by atomic mass is 10.2. The Morgan fingerprint density at radius 1 is 1.29 bits per heavy atom. The fraction of sp³-hybridized carbons (Fsp3) is 0.500. The van der Waals surface area contributed by atoms with E-state index in [2.05, 4.69) is 4.72 Å². The summed E-state index contributed by atoms with van der Waals surface area (Å²) in [7, 11) is -2.25. The largest absolute Gasteiger partial charge is 0.382 e. The van der Waals surface area contributed by atoms with Gasteiger partial charge < -0.3 is 9.47 Å². The summed E-state index contributed by atoms with van der Waals surface area (Å²) < 4.78 is 36.2. The van der Waals surface area contributed by atoms with Crippen LogP contribution in [0.4, 0.5) is 5.69 Å². The summed E-state index contributed by atoms with van der Waals surface area (Å²) in [6.07, 6.45) is 0. The fourth-order valence-corrected chi connectivity index (χ4v) is 2.56. The second-order valence-corrected chi connectivity index (χ2v) is 5.98. The number of sulfonamides is 1. The molecular weight excluding hydrogens is 300 g/mol. The standard InChI is InChI=1S/C12H18N2O6S/c1-10-3-4-11(9-12(10)14(15)16)21(17,18)13-5-6-20-8-7-19-2/h3-4,9,13H,5-8H2,1-2H3. The maximum atomic E-state index is 12.0. The van der Waals surface area contributed by atoms with Crippen LogP contribution in [-0.4, -0.2) is 46.8 Å². The van der Waals surface area contributed by atoms with Gasteiger partial charge in [0.15, 0.2) is 0 Å². The van der Waals surface area contributed by atoms with E-state index < -0.39 is 14.9 Å². The summed E-state index contributed by atoms with van der Waals surface area (Å²) in [6, 6.07) is 3.78. The lowest BCUT2D eigenvalue weighted by Crippen LogP contribution is -2.28. The van der Waals surface area contributed by atoms with E-state index in [1.165, 1.54) is 19.2 Å². The maximum absolute atomic E-state index is 12.0. The molecular formula is C12H18N2O6S. The van der Waals surface area contributed by atoms with Crippen LogP contribution in [0.1, 0.15) is 5.56 Å². The van der Waals surface area contributed by atoms with Gasteiger partial charge in [0.2, 0.25) is 10.0 Å². The molecule has 1 aromatic carbocycles. The normalized spacial score (nSPS) is 11.5. The predicted molar refractivity (Wildman–Crippen MR) is 75.7 cm³/mol. The van der Waals surface area contributed by atoms with Crippen LogP contribution >= 0.6 is 0 Å². The van der Waals surface area contributed by atoms with Gasteiger partial charge in [0, 0.05) is 25.3 Å². The Morgan fingerprint density at radius 2 is 2.00 bits per heavy atom. The summed E-state index contributed by atoms with van der Waals surface area (Å²) in [5.41, 5.74) is 0.177. The number of ether oxygens (including phenoxy) is 2. The molecule has 0 aliphatic carbocycles. The van der Waals surface area contributed by atoms with Gasteiger partial charge in [0.1, 0.15) is 0 Å². The van der Waals surface area contributed by atoms with Crippen molar-refractivity contribution in [2.45, 2.75) is 11.8 Å². The third-order valence-electron chi connectivity index (χ3n) is 2.66. The van der Waals surface area contributed by atoms with Crippen molar-refractivity contribution in [3.8, 4) is 0 Å². The van der Waals surface area contributed by atoms with Gasteiger partial charge >= 0.3 is 0 Å². The molecule has 1 N–H and O–H groups in total. The third kappa shape index (κ3) is 5.38. The summed E-state index contributed by atoms with van der Waals surface area (Å²) in [4.78, 5) is 10.1. The van der Waals surface area contributed by atoms with Crippen LogP contribution in [0.15, 0.2) is 23.1 Å². The molecule has 0 bridgehead atoms. The van der Waals surface area contributed by atoms with Gasteiger partial charge in [-0.3, -0.25) is 10.1 Å². The Morgan fingerprint density at radius 3 is 2.62 bits per heavy atom. The van der Waals surface area contributed by atoms with Gasteiger partial charge in [-0.05, 0) is 13.0 Å². The van der Waals surface area contributed by atoms with Crippen LogP contribution in [-0.2, 0) is 19.5 Å². The van der Waals surface area contributed by atoms with Crippen molar-refractivity contribution < 1.29 is 22.8 Å². The molecule has 0 spiro atoms. The first-order valence-electron chi connectivity index (χ1n) is 6.20. The Balaban J connectivity index is 2.66. The van der Waals surface area contributed by atoms with Crippen molar-refractivity contribution in [3.05, 3.63) is 33.9 Å². The lowest BCUT2D eigenvalue weighted by molar-refractivity contribution is -0.385. The Kier molecular flexibility index (Phi) is 6.69. The molecule has 0 unspecified atom stereocenters. The number of nitro groups is 1. The van der Waals surface area contributed by atoms with Crippen molar-refractivity contribution >= 4 is 15.7 Å². The molecule has 21 heavy (non-hydrogen) atoms. The third-order valence-corrected chi connectivity index (χ3v) is 4.12. The molecule has 0 aromatic heterocycles. The first kappa shape index (κ1) is 17.5.